The average molecular weight is 527 g/mol. The summed E-state index contributed by atoms with van der Waals surface area (Å²) in [7, 11) is 0. The smallest absolute Gasteiger partial charge is 0.263 e. The molecule has 0 radical (unpaired) electrons. The number of guanidine groups is 1. The zero-order chi connectivity index (χ0) is 19.8. The lowest BCUT2D eigenvalue weighted by molar-refractivity contribution is 0.0957. The van der Waals surface area contributed by atoms with Gasteiger partial charge in [-0.05, 0) is 32.3 Å². The van der Waals surface area contributed by atoms with Gasteiger partial charge >= 0.3 is 0 Å². The van der Waals surface area contributed by atoms with Crippen LogP contribution >= 0.6 is 35.3 Å². The first kappa shape index (κ1) is 23.6. The first-order valence-corrected chi connectivity index (χ1v) is 10.8. The van der Waals surface area contributed by atoms with Gasteiger partial charge in [-0.15, -0.1) is 35.3 Å². The second-order valence-electron chi connectivity index (χ2n) is 7.14. The monoisotopic (exact) mass is 527 g/mol. The molecule has 8 heteroatoms. The van der Waals surface area contributed by atoms with Gasteiger partial charge in [0.2, 0.25) is 0 Å². The van der Waals surface area contributed by atoms with Crippen molar-refractivity contribution in [2.24, 2.45) is 4.99 Å². The minimum absolute atomic E-state index is 0. The van der Waals surface area contributed by atoms with Crippen LogP contribution in [-0.2, 0) is 5.41 Å². The van der Waals surface area contributed by atoms with E-state index >= 15 is 0 Å². The van der Waals surface area contributed by atoms with E-state index in [1.165, 1.54) is 36.2 Å². The van der Waals surface area contributed by atoms with Crippen molar-refractivity contribution >= 4 is 47.2 Å². The number of carbonyl (C=O) groups excluding carboxylic acids is 1. The van der Waals surface area contributed by atoms with Gasteiger partial charge in [-0.1, -0.05) is 36.8 Å². The predicted octanol–water partition coefficient (Wildman–Crippen LogP) is 3.48. The summed E-state index contributed by atoms with van der Waals surface area (Å²) in [5.41, 5.74) is 4.02. The van der Waals surface area contributed by atoms with Crippen LogP contribution in [-0.4, -0.2) is 43.0 Å². The molecule has 29 heavy (non-hydrogen) atoms. The van der Waals surface area contributed by atoms with E-state index in [0.717, 1.165) is 24.7 Å². The molecule has 1 aromatic carbocycles. The number of nitrogens with zero attached hydrogens (tertiary/aromatic N) is 2. The number of amides is 1. The third-order valence-corrected chi connectivity index (χ3v) is 6.16. The molecule has 0 unspecified atom stereocenters. The van der Waals surface area contributed by atoms with E-state index in [1.807, 2.05) is 6.92 Å². The molecule has 158 valence electrons. The molecule has 1 aliphatic carbocycles. The lowest BCUT2D eigenvalue weighted by atomic mass is 9.64. The Hall–Kier alpha value is -1.68. The summed E-state index contributed by atoms with van der Waals surface area (Å²) in [6, 6.07) is 10.7. The maximum absolute atomic E-state index is 12.1. The zero-order valence-electron chi connectivity index (χ0n) is 17.0. The summed E-state index contributed by atoms with van der Waals surface area (Å²) in [6.45, 7) is 6.64. The van der Waals surface area contributed by atoms with Crippen LogP contribution in [0.15, 0.2) is 40.8 Å². The number of aromatic nitrogens is 1. The molecule has 6 nitrogen and oxygen atoms in total. The molecule has 1 aromatic heterocycles. The second-order valence-corrected chi connectivity index (χ2v) is 8.00. The summed E-state index contributed by atoms with van der Waals surface area (Å²) in [4.78, 5) is 21.8. The molecule has 1 amide bonds. The highest BCUT2D eigenvalue weighted by atomic mass is 127. The number of aryl methyl sites for hydroxylation is 1. The van der Waals surface area contributed by atoms with Gasteiger partial charge < -0.3 is 16.0 Å². The van der Waals surface area contributed by atoms with Gasteiger partial charge in [0.1, 0.15) is 4.88 Å². The van der Waals surface area contributed by atoms with E-state index in [1.54, 1.807) is 5.51 Å². The molecule has 1 fully saturated rings. The van der Waals surface area contributed by atoms with E-state index in [-0.39, 0.29) is 35.3 Å². The van der Waals surface area contributed by atoms with E-state index in [9.17, 15) is 4.79 Å². The number of aliphatic imine (C=N–C) groups is 1. The highest BCUT2D eigenvalue weighted by Crippen LogP contribution is 2.43. The summed E-state index contributed by atoms with van der Waals surface area (Å²) < 4.78 is 0. The molecule has 0 atom stereocenters. The van der Waals surface area contributed by atoms with E-state index in [4.69, 9.17) is 4.99 Å². The molecule has 0 spiro atoms. The van der Waals surface area contributed by atoms with Crippen LogP contribution < -0.4 is 16.0 Å². The van der Waals surface area contributed by atoms with Crippen LogP contribution in [0.25, 0.3) is 0 Å². The van der Waals surface area contributed by atoms with Crippen LogP contribution in [0, 0.1) is 6.92 Å². The molecule has 1 aliphatic rings. The Bertz CT molecular complexity index is 804. The van der Waals surface area contributed by atoms with Crippen molar-refractivity contribution in [3.05, 3.63) is 52.0 Å². The SMILES string of the molecule is CCNC(=NCC1(c2ccccc2)CCC1)NCCNC(=O)c1scnc1C.I. The number of halogens is 1. The van der Waals surface area contributed by atoms with Crippen LogP contribution in [0.1, 0.15) is 47.1 Å². The molecular formula is C21H30IN5OS. The van der Waals surface area contributed by atoms with Gasteiger partial charge in [-0.25, -0.2) is 4.98 Å². The quantitative estimate of drug-likeness (QED) is 0.213. The van der Waals surface area contributed by atoms with E-state index in [2.05, 4.69) is 58.2 Å². The molecule has 0 aliphatic heterocycles. The number of thiazole rings is 1. The number of nitrogens with one attached hydrogen (secondary N) is 3. The molecule has 2 aromatic rings. The Morgan fingerprint density at radius 3 is 2.48 bits per heavy atom. The molecule has 1 heterocycles. The van der Waals surface area contributed by atoms with Crippen molar-refractivity contribution < 1.29 is 4.79 Å². The minimum atomic E-state index is -0.0683. The normalized spacial score (nSPS) is 15.0. The first-order valence-electron chi connectivity index (χ1n) is 9.90. The Morgan fingerprint density at radius 1 is 1.17 bits per heavy atom. The molecular weight excluding hydrogens is 497 g/mol. The van der Waals surface area contributed by atoms with Gasteiger partial charge in [-0.2, -0.15) is 0 Å². The van der Waals surface area contributed by atoms with Crippen LogP contribution in [0.2, 0.25) is 0 Å². The maximum atomic E-state index is 12.1. The average Bonchev–Trinajstić information content (AvgIpc) is 3.11. The van der Waals surface area contributed by atoms with Crippen molar-refractivity contribution in [3.63, 3.8) is 0 Å². The molecule has 3 N–H and O–H groups in total. The van der Waals surface area contributed by atoms with Gasteiger partial charge in [0, 0.05) is 25.0 Å². The molecule has 0 saturated heterocycles. The van der Waals surface area contributed by atoms with Crippen molar-refractivity contribution in [2.75, 3.05) is 26.2 Å². The number of hydrogen-bond acceptors (Lipinski definition) is 4. The fourth-order valence-electron chi connectivity index (χ4n) is 3.46. The summed E-state index contributed by atoms with van der Waals surface area (Å²) in [6.07, 6.45) is 3.63. The van der Waals surface area contributed by atoms with Crippen LogP contribution in [0.4, 0.5) is 0 Å². The number of hydrogen-bond donors (Lipinski definition) is 3. The Kier molecular flexibility index (Phi) is 9.35. The van der Waals surface area contributed by atoms with Crippen molar-refractivity contribution in [1.82, 2.24) is 20.9 Å². The lowest BCUT2D eigenvalue weighted by Crippen LogP contribution is -2.43. The predicted molar refractivity (Wildman–Crippen MR) is 131 cm³/mol. The minimum Gasteiger partial charge on any atom is -0.357 e. The molecule has 0 bridgehead atoms. The maximum Gasteiger partial charge on any atom is 0.263 e. The molecule has 3 rings (SSSR count). The van der Waals surface area contributed by atoms with Crippen molar-refractivity contribution in [1.29, 1.82) is 0 Å². The van der Waals surface area contributed by atoms with Gasteiger partial charge in [0.25, 0.3) is 5.91 Å². The van der Waals surface area contributed by atoms with E-state index < -0.39 is 0 Å². The largest absolute Gasteiger partial charge is 0.357 e. The highest BCUT2D eigenvalue weighted by Gasteiger charge is 2.38. The second kappa shape index (κ2) is 11.5. The zero-order valence-corrected chi connectivity index (χ0v) is 20.2. The van der Waals surface area contributed by atoms with Crippen molar-refractivity contribution in [2.45, 2.75) is 38.5 Å². The topological polar surface area (TPSA) is 78.4 Å². The van der Waals surface area contributed by atoms with E-state index in [0.29, 0.717) is 18.0 Å². The Balaban J connectivity index is 0.00000300. The van der Waals surface area contributed by atoms with Gasteiger partial charge in [0.05, 0.1) is 17.7 Å². The standard InChI is InChI=1S/C21H29N5OS.HI/c1-3-22-20(24-13-12-23-19(27)18-16(2)26-15-28-18)25-14-21(10-7-11-21)17-8-5-4-6-9-17;/h4-6,8-9,15H,3,7,10-14H2,1-2H3,(H,23,27)(H2,22,24,25);1H. The lowest BCUT2D eigenvalue weighted by Gasteiger charge is -2.41. The van der Waals surface area contributed by atoms with Crippen molar-refractivity contribution in [3.8, 4) is 0 Å². The Morgan fingerprint density at radius 2 is 1.90 bits per heavy atom. The van der Waals surface area contributed by atoms with Gasteiger partial charge in [0.15, 0.2) is 5.96 Å². The molecule has 1 saturated carbocycles. The summed E-state index contributed by atoms with van der Waals surface area (Å²) >= 11 is 1.37. The summed E-state index contributed by atoms with van der Waals surface area (Å²) in [5, 5.41) is 9.55. The van der Waals surface area contributed by atoms with Crippen LogP contribution in [0.5, 0.6) is 0 Å². The third kappa shape index (κ3) is 6.15. The van der Waals surface area contributed by atoms with Crippen LogP contribution in [0.3, 0.4) is 0 Å². The first-order chi connectivity index (χ1) is 13.6. The summed E-state index contributed by atoms with van der Waals surface area (Å²) in [5.74, 6) is 0.731. The fourth-order valence-corrected chi connectivity index (χ4v) is 4.18. The fraction of sp³-hybridized carbons (Fsp3) is 0.476. The Labute approximate surface area is 194 Å². The highest BCUT2D eigenvalue weighted by molar-refractivity contribution is 14.0. The number of rotatable bonds is 8. The number of carbonyl (C=O) groups is 1. The van der Waals surface area contributed by atoms with Gasteiger partial charge in [-0.3, -0.25) is 9.79 Å². The third-order valence-electron chi connectivity index (χ3n) is 5.24. The number of benzene rings is 1.